The first-order valence-electron chi connectivity index (χ1n) is 16.4. The van der Waals surface area contributed by atoms with Gasteiger partial charge in [0, 0.05) is 19.0 Å². The number of quaternary nitrogens is 1. The molecular formula is C32H63N2O4S+. The Hall–Kier alpha value is -0.210. The van der Waals surface area contributed by atoms with Crippen molar-refractivity contribution in [2.45, 2.75) is 124 Å². The fourth-order valence-electron chi connectivity index (χ4n) is 10.6. The van der Waals surface area contributed by atoms with Crippen molar-refractivity contribution >= 4 is 10.4 Å². The lowest BCUT2D eigenvalue weighted by atomic mass is 9.44. The van der Waals surface area contributed by atoms with Crippen LogP contribution in [-0.4, -0.2) is 61.8 Å². The minimum absolute atomic E-state index is 0.634. The third-order valence-electron chi connectivity index (χ3n) is 12.4. The third-order valence-corrected chi connectivity index (χ3v) is 12.4. The molecule has 4 aliphatic carbocycles. The highest BCUT2D eigenvalue weighted by Gasteiger charge is 2.60. The van der Waals surface area contributed by atoms with Crippen LogP contribution in [0.3, 0.4) is 0 Å². The van der Waals surface area contributed by atoms with Crippen molar-refractivity contribution in [2.24, 2.45) is 46.3 Å². The second-order valence-corrected chi connectivity index (χ2v) is 16.2. The Labute approximate surface area is 241 Å². The van der Waals surface area contributed by atoms with Gasteiger partial charge in [-0.3, -0.25) is 9.11 Å². The highest BCUT2D eigenvalue weighted by atomic mass is 32.3. The monoisotopic (exact) mass is 571 g/mol. The van der Waals surface area contributed by atoms with Gasteiger partial charge < -0.3 is 9.80 Å². The zero-order chi connectivity index (χ0) is 29.1. The van der Waals surface area contributed by atoms with Crippen molar-refractivity contribution < 1.29 is 22.0 Å². The molecule has 0 saturated heterocycles. The topological polar surface area (TPSA) is 86.6 Å². The number of nitrogens with one attached hydrogen (secondary N) is 1. The molecule has 3 N–H and O–H groups in total. The van der Waals surface area contributed by atoms with Gasteiger partial charge in [0.25, 0.3) is 0 Å². The fraction of sp³-hybridized carbons (Fsp3) is 1.00. The van der Waals surface area contributed by atoms with Crippen LogP contribution in [0.4, 0.5) is 0 Å². The van der Waals surface area contributed by atoms with Crippen molar-refractivity contribution in [3.63, 3.8) is 0 Å². The smallest absolute Gasteiger partial charge is 0.328 e. The average molecular weight is 572 g/mol. The van der Waals surface area contributed by atoms with Gasteiger partial charge >= 0.3 is 10.4 Å². The summed E-state index contributed by atoms with van der Waals surface area (Å²) in [5.41, 5.74) is 1.29. The molecule has 0 bridgehead atoms. The summed E-state index contributed by atoms with van der Waals surface area (Å²) >= 11 is 0. The van der Waals surface area contributed by atoms with Crippen LogP contribution < -0.4 is 5.32 Å². The van der Waals surface area contributed by atoms with E-state index in [1.807, 2.05) is 0 Å². The van der Waals surface area contributed by atoms with Crippen LogP contribution in [0.5, 0.6) is 0 Å². The normalized spacial score (nSPS) is 39.1. The van der Waals surface area contributed by atoms with Gasteiger partial charge in [-0.2, -0.15) is 8.42 Å². The molecule has 230 valence electrons. The molecule has 0 radical (unpaired) electrons. The number of rotatable bonds is 10. The minimum atomic E-state index is -4.67. The summed E-state index contributed by atoms with van der Waals surface area (Å²) in [6, 6.07) is 0.788. The van der Waals surface area contributed by atoms with E-state index in [4.69, 9.17) is 17.5 Å². The Kier molecular flexibility index (Phi) is 11.4. The van der Waals surface area contributed by atoms with Gasteiger partial charge in [0.1, 0.15) is 0 Å². The zero-order valence-corrected chi connectivity index (χ0v) is 27.2. The molecule has 4 aliphatic rings. The van der Waals surface area contributed by atoms with Crippen molar-refractivity contribution in [1.82, 2.24) is 5.32 Å². The van der Waals surface area contributed by atoms with E-state index in [0.29, 0.717) is 10.8 Å². The maximum Gasteiger partial charge on any atom is 0.394 e. The van der Waals surface area contributed by atoms with Gasteiger partial charge in [-0.25, -0.2) is 0 Å². The summed E-state index contributed by atoms with van der Waals surface area (Å²) in [5.74, 6) is 6.03. The van der Waals surface area contributed by atoms with E-state index < -0.39 is 10.4 Å². The molecule has 4 fully saturated rings. The minimum Gasteiger partial charge on any atom is -0.328 e. The largest absolute Gasteiger partial charge is 0.394 e. The van der Waals surface area contributed by atoms with Crippen molar-refractivity contribution in [1.29, 1.82) is 0 Å². The van der Waals surface area contributed by atoms with Crippen LogP contribution >= 0.6 is 0 Å². The maximum atomic E-state index is 8.74. The zero-order valence-electron chi connectivity index (χ0n) is 26.4. The van der Waals surface area contributed by atoms with E-state index in [1.54, 1.807) is 19.3 Å². The molecule has 0 aromatic heterocycles. The quantitative estimate of drug-likeness (QED) is 0.146. The molecule has 39 heavy (non-hydrogen) atoms. The molecule has 7 heteroatoms. The van der Waals surface area contributed by atoms with Crippen molar-refractivity contribution in [3.05, 3.63) is 0 Å². The summed E-state index contributed by atoms with van der Waals surface area (Å²) in [6.45, 7) is 16.6. The predicted octanol–water partition coefficient (Wildman–Crippen LogP) is 7.26. The van der Waals surface area contributed by atoms with Crippen LogP contribution in [0.25, 0.3) is 0 Å². The Morgan fingerprint density at radius 2 is 1.54 bits per heavy atom. The standard InChI is InChI=1S/C32H61N2.H2O4S/c1-8-11-24(3)28-14-15-29-27-13-12-25-23-26(33-20-10-22-34(6,7)21-9-2)16-18-31(25,4)30(27)17-19-32(28,29)5;1-5(2,3)4/h24-30,33H,8-23H2,1-7H3;(H2,1,2,3,4)/q+1;/t24-,25?,26?,27?,28-,29?,30?,31+,32-;/m1./s1. The Morgan fingerprint density at radius 1 is 0.897 bits per heavy atom. The van der Waals surface area contributed by atoms with Crippen LogP contribution in [0.1, 0.15) is 118 Å². The van der Waals surface area contributed by atoms with Crippen molar-refractivity contribution in [2.75, 3.05) is 33.7 Å². The van der Waals surface area contributed by atoms with Gasteiger partial charge in [0.15, 0.2) is 0 Å². The molecule has 4 saturated carbocycles. The van der Waals surface area contributed by atoms with Gasteiger partial charge in [-0.15, -0.1) is 0 Å². The summed E-state index contributed by atoms with van der Waals surface area (Å²) < 4.78 is 32.8. The molecule has 0 aromatic rings. The van der Waals surface area contributed by atoms with Crippen molar-refractivity contribution in [3.8, 4) is 0 Å². The lowest BCUT2D eigenvalue weighted by Gasteiger charge is -2.61. The molecule has 0 heterocycles. The van der Waals surface area contributed by atoms with Crippen LogP contribution in [0.15, 0.2) is 0 Å². The van der Waals surface area contributed by atoms with Crippen LogP contribution in [0, 0.1) is 46.3 Å². The Balaban J connectivity index is 0.000000771. The average Bonchev–Trinajstić information content (AvgIpc) is 3.18. The third kappa shape index (κ3) is 8.21. The predicted molar refractivity (Wildman–Crippen MR) is 162 cm³/mol. The molecule has 9 atom stereocenters. The second kappa shape index (κ2) is 13.4. The van der Waals surface area contributed by atoms with Crippen LogP contribution in [0.2, 0.25) is 0 Å². The van der Waals surface area contributed by atoms with E-state index in [2.05, 4.69) is 54.0 Å². The van der Waals surface area contributed by atoms with E-state index in [9.17, 15) is 0 Å². The highest BCUT2D eigenvalue weighted by molar-refractivity contribution is 7.79. The molecular weight excluding hydrogens is 508 g/mol. The van der Waals surface area contributed by atoms with E-state index >= 15 is 0 Å². The number of hydrogen-bond donors (Lipinski definition) is 3. The van der Waals surface area contributed by atoms with Gasteiger partial charge in [0.05, 0.1) is 27.2 Å². The molecule has 0 aromatic carbocycles. The SMILES string of the molecule is CCC[C@@H](C)[C@H]1CCC2C3CCC4CC(NCCC[N+](C)(C)CCC)CC[C@]4(C)C3CC[C@@]21C.O=S(=O)(O)O. The summed E-state index contributed by atoms with van der Waals surface area (Å²) in [6.07, 6.45) is 19.1. The Morgan fingerprint density at radius 3 is 2.18 bits per heavy atom. The molecule has 6 nitrogen and oxygen atoms in total. The number of fused-ring (bicyclic) bond motifs is 5. The van der Waals surface area contributed by atoms with E-state index in [0.717, 1.165) is 41.5 Å². The summed E-state index contributed by atoms with van der Waals surface area (Å²) in [7, 11) is 0.139. The molecule has 0 spiro atoms. The highest BCUT2D eigenvalue weighted by Crippen LogP contribution is 2.68. The molecule has 0 aliphatic heterocycles. The summed E-state index contributed by atoms with van der Waals surface area (Å²) in [5, 5.41) is 4.02. The van der Waals surface area contributed by atoms with E-state index in [1.165, 1.54) is 88.3 Å². The number of hydrogen-bond acceptors (Lipinski definition) is 3. The van der Waals surface area contributed by atoms with Gasteiger partial charge in [-0.1, -0.05) is 47.5 Å². The van der Waals surface area contributed by atoms with Gasteiger partial charge in [0.2, 0.25) is 0 Å². The lowest BCUT2D eigenvalue weighted by Crippen LogP contribution is -2.55. The fourth-order valence-corrected chi connectivity index (χ4v) is 10.6. The van der Waals surface area contributed by atoms with Crippen LogP contribution in [-0.2, 0) is 10.4 Å². The lowest BCUT2D eigenvalue weighted by molar-refractivity contribution is -0.890. The summed E-state index contributed by atoms with van der Waals surface area (Å²) in [4.78, 5) is 0. The number of nitrogens with zero attached hydrogens (tertiary/aromatic N) is 1. The maximum absolute atomic E-state index is 8.74. The van der Waals surface area contributed by atoms with E-state index in [-0.39, 0.29) is 0 Å². The first-order valence-corrected chi connectivity index (χ1v) is 17.8. The van der Waals surface area contributed by atoms with Gasteiger partial charge in [-0.05, 0) is 111 Å². The Bertz CT molecular complexity index is 871. The first-order chi connectivity index (χ1) is 18.1. The molecule has 0 amide bonds. The first kappa shape index (κ1) is 33.3. The molecule has 4 rings (SSSR count). The second-order valence-electron chi connectivity index (χ2n) is 15.3. The molecule has 5 unspecified atom stereocenters.